The number of anilines is 1. The summed E-state index contributed by atoms with van der Waals surface area (Å²) in [6, 6.07) is 0.686. The fourth-order valence-electron chi connectivity index (χ4n) is 5.82. The van der Waals surface area contributed by atoms with Crippen molar-refractivity contribution in [3.8, 4) is 5.75 Å². The number of nitrogens with two attached hydrogens (primary N) is 1. The summed E-state index contributed by atoms with van der Waals surface area (Å²) >= 11 is 0. The summed E-state index contributed by atoms with van der Waals surface area (Å²) in [5, 5.41) is 44.4. The van der Waals surface area contributed by atoms with Gasteiger partial charge in [-0.2, -0.15) is 0 Å². The number of carbonyl (C=O) groups is 3. The van der Waals surface area contributed by atoms with Gasteiger partial charge in [0, 0.05) is 31.3 Å². The number of hydrogen-bond acceptors (Lipinski definition) is 9. The average molecular weight is 472 g/mol. The summed E-state index contributed by atoms with van der Waals surface area (Å²) in [5.74, 6) is -6.49. The highest BCUT2D eigenvalue weighted by Crippen LogP contribution is 2.53. The topological polar surface area (TPSA) is 165 Å². The van der Waals surface area contributed by atoms with Crippen molar-refractivity contribution in [3.63, 3.8) is 0 Å². The molecule has 1 aromatic rings. The summed E-state index contributed by atoms with van der Waals surface area (Å²) in [6.07, 6.45) is 0.323. The van der Waals surface area contributed by atoms with Crippen LogP contribution in [-0.4, -0.2) is 82.6 Å². The smallest absolute Gasteiger partial charge is 0.255 e. The number of phenols is 1. The molecule has 3 aliphatic carbocycles. The van der Waals surface area contributed by atoms with Gasteiger partial charge in [0.2, 0.25) is 5.78 Å². The molecule has 10 heteroatoms. The number of nitrogens with zero attached hydrogens (tertiary/aromatic N) is 2. The standard InChI is InChI=1S/C24H29N3O7/c1-9-6-13(26(2)3)11-7-10-8-12-17(27(4)5)20(30)16(23(25)33)22(32)24(12,34)21(31)14(10)19(29)15(11)18(9)28/h6,10,12,17,28-29,32,34H,7-8H2,1-5H3,(H2,25,33)/t10-,12-,17-,24-/m1/s1. The third kappa shape index (κ3) is 2.91. The van der Waals surface area contributed by atoms with E-state index in [1.807, 2.05) is 19.0 Å². The lowest BCUT2D eigenvalue weighted by molar-refractivity contribution is -0.153. The number of amides is 1. The molecule has 0 unspecified atom stereocenters. The minimum atomic E-state index is -2.63. The summed E-state index contributed by atoms with van der Waals surface area (Å²) < 4.78 is 0. The highest BCUT2D eigenvalue weighted by Gasteiger charge is 2.64. The molecule has 1 amide bonds. The molecule has 182 valence electrons. The minimum absolute atomic E-state index is 0.0628. The Morgan fingerprint density at radius 1 is 1.15 bits per heavy atom. The number of aliphatic hydroxyl groups is 3. The summed E-state index contributed by atoms with van der Waals surface area (Å²) in [5.41, 5.74) is 3.69. The van der Waals surface area contributed by atoms with Gasteiger partial charge in [-0.25, -0.2) is 0 Å². The Morgan fingerprint density at radius 3 is 2.29 bits per heavy atom. The largest absolute Gasteiger partial charge is 0.508 e. The molecule has 4 rings (SSSR count). The van der Waals surface area contributed by atoms with Crippen LogP contribution in [0.1, 0.15) is 23.1 Å². The first-order valence-electron chi connectivity index (χ1n) is 10.9. The first kappa shape index (κ1) is 23.8. The van der Waals surface area contributed by atoms with Crippen LogP contribution in [-0.2, 0) is 20.8 Å². The first-order valence-corrected chi connectivity index (χ1v) is 10.9. The summed E-state index contributed by atoms with van der Waals surface area (Å²) in [4.78, 5) is 42.2. The van der Waals surface area contributed by atoms with Crippen LogP contribution >= 0.6 is 0 Å². The van der Waals surface area contributed by atoms with E-state index in [0.717, 1.165) is 5.69 Å². The Balaban J connectivity index is 2.01. The molecule has 0 aliphatic heterocycles. The van der Waals surface area contributed by atoms with E-state index in [0.29, 0.717) is 11.1 Å². The zero-order valence-electron chi connectivity index (χ0n) is 19.7. The zero-order chi connectivity index (χ0) is 25.4. The molecule has 34 heavy (non-hydrogen) atoms. The molecular weight excluding hydrogens is 442 g/mol. The number of rotatable bonds is 3. The molecule has 0 spiro atoms. The van der Waals surface area contributed by atoms with Gasteiger partial charge >= 0.3 is 0 Å². The van der Waals surface area contributed by atoms with Crippen LogP contribution < -0.4 is 10.6 Å². The highest BCUT2D eigenvalue weighted by molar-refractivity contribution is 6.24. The number of ketones is 2. The molecule has 0 saturated heterocycles. The molecule has 6 N–H and O–H groups in total. The Labute approximate surface area is 196 Å². The van der Waals surface area contributed by atoms with Crippen LogP contribution in [0.15, 0.2) is 23.0 Å². The Bertz CT molecular complexity index is 1210. The molecule has 3 aliphatic rings. The fourth-order valence-corrected chi connectivity index (χ4v) is 5.82. The number of hydrogen-bond donors (Lipinski definition) is 5. The lowest BCUT2D eigenvalue weighted by atomic mass is 9.57. The van der Waals surface area contributed by atoms with Gasteiger partial charge in [0.15, 0.2) is 11.4 Å². The van der Waals surface area contributed by atoms with Gasteiger partial charge in [0.25, 0.3) is 5.91 Å². The molecule has 1 aromatic carbocycles. The summed E-state index contributed by atoms with van der Waals surface area (Å²) in [6.45, 7) is 1.67. The second-order valence-corrected chi connectivity index (χ2v) is 9.77. The minimum Gasteiger partial charge on any atom is -0.508 e. The van der Waals surface area contributed by atoms with Crippen LogP contribution in [0.4, 0.5) is 5.69 Å². The van der Waals surface area contributed by atoms with Crippen LogP contribution in [0.3, 0.4) is 0 Å². The van der Waals surface area contributed by atoms with E-state index in [1.165, 1.54) is 4.90 Å². The van der Waals surface area contributed by atoms with Gasteiger partial charge < -0.3 is 31.1 Å². The van der Waals surface area contributed by atoms with E-state index in [2.05, 4.69) is 0 Å². The molecule has 0 heterocycles. The predicted octanol–water partition coefficient (Wildman–Crippen LogP) is 0.338. The Kier molecular flexibility index (Phi) is 5.30. The van der Waals surface area contributed by atoms with Gasteiger partial charge in [0.05, 0.1) is 11.6 Å². The van der Waals surface area contributed by atoms with Crippen molar-refractivity contribution < 1.29 is 34.8 Å². The van der Waals surface area contributed by atoms with Crippen LogP contribution in [0.25, 0.3) is 5.76 Å². The number of fused-ring (bicyclic) bond motifs is 3. The van der Waals surface area contributed by atoms with E-state index in [-0.39, 0.29) is 29.7 Å². The van der Waals surface area contributed by atoms with E-state index >= 15 is 0 Å². The normalized spacial score (nSPS) is 28.6. The number of aliphatic hydroxyl groups excluding tert-OH is 2. The number of Topliss-reactive ketones (excluding diaryl/α,β-unsaturated/α-hetero) is 2. The molecule has 4 atom stereocenters. The van der Waals surface area contributed by atoms with Crippen LogP contribution in [0.2, 0.25) is 0 Å². The summed E-state index contributed by atoms with van der Waals surface area (Å²) in [7, 11) is 6.78. The van der Waals surface area contributed by atoms with Gasteiger partial charge in [-0.05, 0) is 57.0 Å². The van der Waals surface area contributed by atoms with Crippen molar-refractivity contribution >= 4 is 28.9 Å². The molecule has 1 fully saturated rings. The lowest BCUT2D eigenvalue weighted by Gasteiger charge is -2.50. The van der Waals surface area contributed by atoms with Gasteiger partial charge in [-0.15, -0.1) is 0 Å². The van der Waals surface area contributed by atoms with Crippen molar-refractivity contribution in [2.45, 2.75) is 31.4 Å². The maximum Gasteiger partial charge on any atom is 0.255 e. The van der Waals surface area contributed by atoms with Crippen LogP contribution in [0.5, 0.6) is 5.75 Å². The van der Waals surface area contributed by atoms with Crippen molar-refractivity contribution in [2.75, 3.05) is 33.1 Å². The number of primary amides is 1. The second-order valence-electron chi connectivity index (χ2n) is 9.77. The van der Waals surface area contributed by atoms with Gasteiger partial charge in [-0.1, -0.05) is 0 Å². The van der Waals surface area contributed by atoms with E-state index < -0.39 is 58.0 Å². The van der Waals surface area contributed by atoms with Crippen molar-refractivity contribution in [3.05, 3.63) is 39.7 Å². The first-order chi connectivity index (χ1) is 15.7. The number of benzene rings is 1. The molecule has 1 saturated carbocycles. The molecule has 0 radical (unpaired) electrons. The number of aromatic hydroxyl groups is 1. The van der Waals surface area contributed by atoms with Gasteiger partial charge in [-0.3, -0.25) is 19.3 Å². The average Bonchev–Trinajstić information content (AvgIpc) is 2.72. The molecular formula is C24H29N3O7. The number of phenolic OH excluding ortho intramolecular Hbond substituents is 1. The Hall–Kier alpha value is -3.37. The van der Waals surface area contributed by atoms with E-state index in [4.69, 9.17) is 5.73 Å². The van der Waals surface area contributed by atoms with E-state index in [9.17, 15) is 34.8 Å². The zero-order valence-corrected chi connectivity index (χ0v) is 19.7. The number of likely N-dealkylation sites (N-methyl/N-ethyl adjacent to an activating group) is 1. The molecule has 0 bridgehead atoms. The van der Waals surface area contributed by atoms with Crippen molar-refractivity contribution in [1.82, 2.24) is 4.90 Å². The quantitative estimate of drug-likeness (QED) is 0.391. The van der Waals surface area contributed by atoms with Crippen molar-refractivity contribution in [1.29, 1.82) is 0 Å². The maximum atomic E-state index is 13.8. The number of carbonyl (C=O) groups excluding carboxylic acids is 3. The van der Waals surface area contributed by atoms with Gasteiger partial charge in [0.1, 0.15) is 22.8 Å². The third-order valence-electron chi connectivity index (χ3n) is 7.37. The molecule has 10 nitrogen and oxygen atoms in total. The maximum absolute atomic E-state index is 13.8. The molecule has 0 aromatic heterocycles. The lowest BCUT2D eigenvalue weighted by Crippen LogP contribution is -2.65. The fraction of sp³-hybridized carbons (Fsp3) is 0.458. The Morgan fingerprint density at radius 2 is 1.76 bits per heavy atom. The van der Waals surface area contributed by atoms with Crippen LogP contribution in [0, 0.1) is 18.8 Å². The SMILES string of the molecule is Cc1cc(N(C)C)c2c(c1O)C(O)=C1C(=O)[C@@]3(O)C(O)=C(C(N)=O)C(=O)[C@H](N(C)C)[C@H]3C[C@H]1C2. The highest BCUT2D eigenvalue weighted by atomic mass is 16.3. The predicted molar refractivity (Wildman–Crippen MR) is 123 cm³/mol. The van der Waals surface area contributed by atoms with E-state index in [1.54, 1.807) is 27.1 Å². The monoisotopic (exact) mass is 471 g/mol. The number of aryl methyl sites for hydroxylation is 1. The third-order valence-corrected chi connectivity index (χ3v) is 7.37. The van der Waals surface area contributed by atoms with Crippen molar-refractivity contribution in [2.24, 2.45) is 17.6 Å². The second kappa shape index (κ2) is 7.57.